The number of carbonyl (C=O) groups is 1. The average molecular weight is 217 g/mol. The van der Waals surface area contributed by atoms with E-state index in [1.807, 2.05) is 11.9 Å². The molecule has 4 heteroatoms. The summed E-state index contributed by atoms with van der Waals surface area (Å²) in [7, 11) is 1.94. The molecule has 1 aliphatic rings. The first kappa shape index (κ1) is 11.9. The third-order valence-corrected chi connectivity index (χ3v) is 4.15. The highest BCUT2D eigenvalue weighted by Gasteiger charge is 2.45. The van der Waals surface area contributed by atoms with Gasteiger partial charge in [-0.3, -0.25) is 9.69 Å². The van der Waals surface area contributed by atoms with Gasteiger partial charge in [0.2, 0.25) is 0 Å². The van der Waals surface area contributed by atoms with E-state index >= 15 is 0 Å². The Hall–Kier alpha value is -0.220. The molecule has 3 nitrogen and oxygen atoms in total. The molecule has 1 fully saturated rings. The molecule has 82 valence electrons. The second-order valence-corrected chi connectivity index (χ2v) is 5.02. The van der Waals surface area contributed by atoms with Crippen LogP contribution in [0.15, 0.2) is 0 Å². The fourth-order valence-corrected chi connectivity index (χ4v) is 3.25. The van der Waals surface area contributed by atoms with Gasteiger partial charge in [0, 0.05) is 5.75 Å². The summed E-state index contributed by atoms with van der Waals surface area (Å²) in [5, 5.41) is 9.28. The zero-order valence-electron chi connectivity index (χ0n) is 8.95. The first-order valence-electron chi connectivity index (χ1n) is 5.16. The molecule has 1 atom stereocenters. The molecule has 0 radical (unpaired) electrons. The van der Waals surface area contributed by atoms with E-state index in [0.717, 1.165) is 37.3 Å². The fourth-order valence-electron chi connectivity index (χ4n) is 1.80. The second-order valence-electron chi connectivity index (χ2n) is 3.91. The molecular formula is C10H19NO2S. The predicted molar refractivity (Wildman–Crippen MR) is 59.8 cm³/mol. The van der Waals surface area contributed by atoms with Gasteiger partial charge in [0.25, 0.3) is 0 Å². The Morgan fingerprint density at radius 3 is 2.79 bits per heavy atom. The number of thioether (sulfide) groups is 1. The first-order chi connectivity index (χ1) is 6.63. The molecule has 0 bridgehead atoms. The normalized spacial score (nSPS) is 27.1. The number of aliphatic carboxylic acids is 1. The van der Waals surface area contributed by atoms with Gasteiger partial charge in [0.05, 0.1) is 0 Å². The van der Waals surface area contributed by atoms with Gasteiger partial charge in [-0.25, -0.2) is 0 Å². The van der Waals surface area contributed by atoms with Gasteiger partial charge in [0.1, 0.15) is 5.54 Å². The van der Waals surface area contributed by atoms with Crippen LogP contribution in [0, 0.1) is 0 Å². The van der Waals surface area contributed by atoms with Crippen molar-refractivity contribution in [1.82, 2.24) is 4.90 Å². The van der Waals surface area contributed by atoms with E-state index in [2.05, 4.69) is 6.92 Å². The van der Waals surface area contributed by atoms with E-state index in [4.69, 9.17) is 0 Å². The summed E-state index contributed by atoms with van der Waals surface area (Å²) in [5.74, 6) is 1.06. The van der Waals surface area contributed by atoms with Gasteiger partial charge >= 0.3 is 5.97 Å². The highest BCUT2D eigenvalue weighted by atomic mass is 32.2. The van der Waals surface area contributed by atoms with Crippen LogP contribution in [0.5, 0.6) is 0 Å². The standard InChI is InChI=1S/C10H19NO2S/c1-3-4-6-11(2)10(9(12)13)5-7-14-8-10/h3-8H2,1-2H3,(H,12,13). The summed E-state index contributed by atoms with van der Waals surface area (Å²) in [6.45, 7) is 3.02. The average Bonchev–Trinajstić information content (AvgIpc) is 2.63. The van der Waals surface area contributed by atoms with Gasteiger partial charge in [-0.15, -0.1) is 0 Å². The van der Waals surface area contributed by atoms with Crippen LogP contribution >= 0.6 is 11.8 Å². The van der Waals surface area contributed by atoms with Crippen molar-refractivity contribution in [1.29, 1.82) is 0 Å². The van der Waals surface area contributed by atoms with Gasteiger partial charge in [-0.2, -0.15) is 11.8 Å². The molecule has 0 amide bonds. The quantitative estimate of drug-likeness (QED) is 0.760. The fraction of sp³-hybridized carbons (Fsp3) is 0.900. The molecule has 0 aliphatic carbocycles. The molecule has 1 rings (SSSR count). The number of carboxylic acid groups (broad SMARTS) is 1. The molecule has 1 aliphatic heterocycles. The van der Waals surface area contributed by atoms with Gasteiger partial charge in [-0.05, 0) is 32.2 Å². The Bertz CT molecular complexity index is 202. The summed E-state index contributed by atoms with van der Waals surface area (Å²) >= 11 is 1.75. The van der Waals surface area contributed by atoms with E-state index in [0.29, 0.717) is 0 Å². The second kappa shape index (κ2) is 5.03. The lowest BCUT2D eigenvalue weighted by Crippen LogP contribution is -2.53. The lowest BCUT2D eigenvalue weighted by molar-refractivity contribution is -0.149. The maximum atomic E-state index is 11.3. The Morgan fingerprint density at radius 2 is 2.36 bits per heavy atom. The SMILES string of the molecule is CCCCN(C)C1(C(=O)O)CCSC1. The maximum Gasteiger partial charge on any atom is 0.325 e. The molecule has 1 N–H and O–H groups in total. The number of unbranched alkanes of at least 4 members (excludes halogenated alkanes) is 1. The van der Waals surface area contributed by atoms with Crippen LogP contribution < -0.4 is 0 Å². The van der Waals surface area contributed by atoms with Crippen molar-refractivity contribution in [2.75, 3.05) is 25.1 Å². The van der Waals surface area contributed by atoms with Crippen LogP contribution in [-0.4, -0.2) is 46.6 Å². The Labute approximate surface area is 89.9 Å². The van der Waals surface area contributed by atoms with Crippen molar-refractivity contribution in [2.24, 2.45) is 0 Å². The highest BCUT2D eigenvalue weighted by molar-refractivity contribution is 7.99. The van der Waals surface area contributed by atoms with Crippen molar-refractivity contribution in [3.63, 3.8) is 0 Å². The van der Waals surface area contributed by atoms with Crippen LogP contribution in [0.3, 0.4) is 0 Å². The summed E-state index contributed by atoms with van der Waals surface area (Å²) in [4.78, 5) is 13.3. The maximum absolute atomic E-state index is 11.3. The summed E-state index contributed by atoms with van der Waals surface area (Å²) in [6.07, 6.45) is 2.98. The lowest BCUT2D eigenvalue weighted by atomic mass is 9.97. The van der Waals surface area contributed by atoms with Crippen LogP contribution in [0.25, 0.3) is 0 Å². The summed E-state index contributed by atoms with van der Waals surface area (Å²) in [5.41, 5.74) is -0.583. The number of rotatable bonds is 5. The van der Waals surface area contributed by atoms with Gasteiger partial charge < -0.3 is 5.11 Å². The minimum atomic E-state index is -0.652. The third kappa shape index (κ3) is 2.23. The largest absolute Gasteiger partial charge is 0.480 e. The van der Waals surface area contributed by atoms with E-state index in [1.165, 1.54) is 0 Å². The third-order valence-electron chi connectivity index (χ3n) is 2.98. The van der Waals surface area contributed by atoms with E-state index in [1.54, 1.807) is 11.8 Å². The van der Waals surface area contributed by atoms with Crippen molar-refractivity contribution in [2.45, 2.75) is 31.7 Å². The minimum Gasteiger partial charge on any atom is -0.480 e. The molecule has 0 aromatic rings. The Balaban J connectivity index is 2.62. The van der Waals surface area contributed by atoms with E-state index in [-0.39, 0.29) is 0 Å². The van der Waals surface area contributed by atoms with E-state index < -0.39 is 11.5 Å². The number of hydrogen-bond acceptors (Lipinski definition) is 3. The number of nitrogens with zero attached hydrogens (tertiary/aromatic N) is 1. The minimum absolute atomic E-state index is 0.583. The highest BCUT2D eigenvalue weighted by Crippen LogP contribution is 2.33. The van der Waals surface area contributed by atoms with Crippen LogP contribution in [-0.2, 0) is 4.79 Å². The van der Waals surface area contributed by atoms with Crippen LogP contribution in [0.2, 0.25) is 0 Å². The van der Waals surface area contributed by atoms with Gasteiger partial charge in [-0.1, -0.05) is 13.3 Å². The molecule has 0 aromatic carbocycles. The molecule has 0 spiro atoms. The topological polar surface area (TPSA) is 40.5 Å². The number of hydrogen-bond donors (Lipinski definition) is 1. The summed E-state index contributed by atoms with van der Waals surface area (Å²) in [6, 6.07) is 0. The summed E-state index contributed by atoms with van der Waals surface area (Å²) < 4.78 is 0. The zero-order chi connectivity index (χ0) is 10.6. The monoisotopic (exact) mass is 217 g/mol. The predicted octanol–water partition coefficient (Wildman–Crippen LogP) is 1.68. The van der Waals surface area contributed by atoms with Gasteiger partial charge in [0.15, 0.2) is 0 Å². The lowest BCUT2D eigenvalue weighted by Gasteiger charge is -2.34. The number of carboxylic acids is 1. The van der Waals surface area contributed by atoms with Crippen molar-refractivity contribution >= 4 is 17.7 Å². The first-order valence-corrected chi connectivity index (χ1v) is 6.31. The van der Waals surface area contributed by atoms with Crippen molar-refractivity contribution < 1.29 is 9.90 Å². The van der Waals surface area contributed by atoms with E-state index in [9.17, 15) is 9.90 Å². The number of likely N-dealkylation sites (N-methyl/N-ethyl adjacent to an activating group) is 1. The van der Waals surface area contributed by atoms with Crippen LogP contribution in [0.1, 0.15) is 26.2 Å². The smallest absolute Gasteiger partial charge is 0.325 e. The molecule has 1 saturated heterocycles. The Kier molecular flexibility index (Phi) is 4.26. The van der Waals surface area contributed by atoms with Crippen molar-refractivity contribution in [3.05, 3.63) is 0 Å². The molecule has 0 aromatic heterocycles. The molecule has 1 unspecified atom stereocenters. The Morgan fingerprint density at radius 1 is 1.64 bits per heavy atom. The molecule has 1 heterocycles. The van der Waals surface area contributed by atoms with Crippen molar-refractivity contribution in [3.8, 4) is 0 Å². The molecule has 14 heavy (non-hydrogen) atoms. The molecular weight excluding hydrogens is 198 g/mol. The zero-order valence-corrected chi connectivity index (χ0v) is 9.77. The molecule has 0 saturated carbocycles. The van der Waals surface area contributed by atoms with Crippen LogP contribution in [0.4, 0.5) is 0 Å².